The smallest absolute Gasteiger partial charge is 0.311 e. The van der Waals surface area contributed by atoms with Gasteiger partial charge in [-0.2, -0.15) is 0 Å². The molecule has 19 heavy (non-hydrogen) atoms. The van der Waals surface area contributed by atoms with Crippen molar-refractivity contribution in [2.24, 2.45) is 11.3 Å². The van der Waals surface area contributed by atoms with Gasteiger partial charge in [0, 0.05) is 25.3 Å². The molecule has 0 bridgehead atoms. The van der Waals surface area contributed by atoms with E-state index >= 15 is 0 Å². The number of carboxylic acids is 1. The molecular weight excluding hydrogens is 240 g/mol. The Kier molecular flexibility index (Phi) is 3.05. The molecule has 3 atom stereocenters. The van der Waals surface area contributed by atoms with Gasteiger partial charge in [0.05, 0.1) is 11.1 Å². The first-order valence-electron chi connectivity index (χ1n) is 7.02. The molecule has 0 radical (unpaired) electrons. The molecule has 1 aromatic heterocycles. The third-order valence-corrected chi connectivity index (χ3v) is 4.99. The van der Waals surface area contributed by atoms with Crippen LogP contribution in [0, 0.1) is 11.3 Å². The molecule has 4 heteroatoms. The Morgan fingerprint density at radius 3 is 3.05 bits per heavy atom. The number of nitrogens with zero attached hydrogens (tertiary/aromatic N) is 2. The van der Waals surface area contributed by atoms with E-state index in [1.165, 1.54) is 0 Å². The zero-order chi connectivity index (χ0) is 13.5. The van der Waals surface area contributed by atoms with Crippen LogP contribution in [0.25, 0.3) is 0 Å². The van der Waals surface area contributed by atoms with E-state index in [9.17, 15) is 9.90 Å². The summed E-state index contributed by atoms with van der Waals surface area (Å²) < 4.78 is 0. The highest BCUT2D eigenvalue weighted by Crippen LogP contribution is 2.50. The summed E-state index contributed by atoms with van der Waals surface area (Å²) in [6.07, 6.45) is 4.74. The number of pyridine rings is 1. The fraction of sp³-hybridized carbons (Fsp3) is 0.600. The third-order valence-electron chi connectivity index (χ3n) is 4.99. The number of carbonyl (C=O) groups is 1. The van der Waals surface area contributed by atoms with Gasteiger partial charge in [-0.25, -0.2) is 0 Å². The minimum Gasteiger partial charge on any atom is -0.481 e. The van der Waals surface area contributed by atoms with Crippen molar-refractivity contribution in [3.8, 4) is 0 Å². The second-order valence-corrected chi connectivity index (χ2v) is 5.91. The molecule has 1 unspecified atom stereocenters. The Morgan fingerprint density at radius 2 is 2.42 bits per heavy atom. The SMILES string of the molecule is CC(c1ccccn1)N1C[C@@H]2CCC[C@@]2(C(=O)O)C1. The van der Waals surface area contributed by atoms with Gasteiger partial charge in [-0.15, -0.1) is 0 Å². The monoisotopic (exact) mass is 260 g/mol. The van der Waals surface area contributed by atoms with Crippen molar-refractivity contribution >= 4 is 5.97 Å². The number of carboxylic acid groups (broad SMARTS) is 1. The van der Waals surface area contributed by atoms with E-state index in [1.54, 1.807) is 6.20 Å². The number of hydrogen-bond acceptors (Lipinski definition) is 3. The van der Waals surface area contributed by atoms with Crippen LogP contribution >= 0.6 is 0 Å². The summed E-state index contributed by atoms with van der Waals surface area (Å²) in [7, 11) is 0. The molecule has 1 saturated heterocycles. The second kappa shape index (κ2) is 4.60. The van der Waals surface area contributed by atoms with Crippen LogP contribution in [0.3, 0.4) is 0 Å². The third kappa shape index (κ3) is 1.94. The highest BCUT2D eigenvalue weighted by Gasteiger charge is 2.55. The summed E-state index contributed by atoms with van der Waals surface area (Å²) in [5.74, 6) is -0.290. The van der Waals surface area contributed by atoms with Crippen LogP contribution in [-0.2, 0) is 4.79 Å². The van der Waals surface area contributed by atoms with Crippen molar-refractivity contribution in [3.05, 3.63) is 30.1 Å². The van der Waals surface area contributed by atoms with Gasteiger partial charge in [0.15, 0.2) is 0 Å². The maximum Gasteiger partial charge on any atom is 0.311 e. The average Bonchev–Trinajstić information content (AvgIpc) is 2.96. The van der Waals surface area contributed by atoms with Crippen molar-refractivity contribution in [2.45, 2.75) is 32.2 Å². The van der Waals surface area contributed by atoms with Gasteiger partial charge in [-0.1, -0.05) is 12.5 Å². The molecule has 1 N–H and O–H groups in total. The van der Waals surface area contributed by atoms with Gasteiger partial charge < -0.3 is 5.11 Å². The Balaban J connectivity index is 1.81. The molecule has 4 nitrogen and oxygen atoms in total. The molecule has 1 saturated carbocycles. The van der Waals surface area contributed by atoms with E-state index < -0.39 is 11.4 Å². The van der Waals surface area contributed by atoms with E-state index in [1.807, 2.05) is 18.2 Å². The second-order valence-electron chi connectivity index (χ2n) is 5.91. The van der Waals surface area contributed by atoms with E-state index in [0.29, 0.717) is 12.5 Å². The van der Waals surface area contributed by atoms with E-state index in [4.69, 9.17) is 0 Å². The number of hydrogen-bond donors (Lipinski definition) is 1. The van der Waals surface area contributed by atoms with Gasteiger partial charge in [-0.05, 0) is 37.8 Å². The minimum absolute atomic E-state index is 0.197. The molecule has 1 aromatic rings. The zero-order valence-corrected chi connectivity index (χ0v) is 11.2. The maximum absolute atomic E-state index is 11.7. The summed E-state index contributed by atoms with van der Waals surface area (Å²) in [6, 6.07) is 6.12. The van der Waals surface area contributed by atoms with Crippen molar-refractivity contribution in [1.82, 2.24) is 9.88 Å². The predicted octanol–water partition coefficient (Wildman–Crippen LogP) is 2.33. The Hall–Kier alpha value is -1.42. The van der Waals surface area contributed by atoms with E-state index in [0.717, 1.165) is 31.5 Å². The van der Waals surface area contributed by atoms with Crippen LogP contribution in [-0.4, -0.2) is 34.0 Å². The fourth-order valence-corrected chi connectivity index (χ4v) is 3.78. The highest BCUT2D eigenvalue weighted by molar-refractivity contribution is 5.76. The summed E-state index contributed by atoms with van der Waals surface area (Å²) in [6.45, 7) is 3.69. The van der Waals surface area contributed by atoms with Crippen LogP contribution < -0.4 is 0 Å². The van der Waals surface area contributed by atoms with Crippen LogP contribution in [0.15, 0.2) is 24.4 Å². The molecule has 2 aliphatic rings. The molecule has 0 spiro atoms. The number of rotatable bonds is 3. The lowest BCUT2D eigenvalue weighted by Crippen LogP contribution is -2.36. The average molecular weight is 260 g/mol. The van der Waals surface area contributed by atoms with Crippen LogP contribution in [0.1, 0.15) is 37.9 Å². The van der Waals surface area contributed by atoms with Crippen molar-refractivity contribution in [2.75, 3.05) is 13.1 Å². The van der Waals surface area contributed by atoms with Gasteiger partial charge in [0.25, 0.3) is 0 Å². The predicted molar refractivity (Wildman–Crippen MR) is 71.6 cm³/mol. The lowest BCUT2D eigenvalue weighted by atomic mass is 9.81. The lowest BCUT2D eigenvalue weighted by molar-refractivity contribution is -0.149. The summed E-state index contributed by atoms with van der Waals surface area (Å²) in [4.78, 5) is 18.4. The largest absolute Gasteiger partial charge is 0.481 e. The molecule has 2 heterocycles. The fourth-order valence-electron chi connectivity index (χ4n) is 3.78. The highest BCUT2D eigenvalue weighted by atomic mass is 16.4. The molecule has 1 aliphatic carbocycles. The van der Waals surface area contributed by atoms with Crippen molar-refractivity contribution in [1.29, 1.82) is 0 Å². The molecule has 0 amide bonds. The van der Waals surface area contributed by atoms with Crippen LogP contribution in [0.2, 0.25) is 0 Å². The van der Waals surface area contributed by atoms with Gasteiger partial charge in [0.1, 0.15) is 0 Å². The number of aromatic nitrogens is 1. The quantitative estimate of drug-likeness (QED) is 0.906. The summed E-state index contributed by atoms with van der Waals surface area (Å²) in [5, 5.41) is 9.60. The maximum atomic E-state index is 11.7. The molecule has 0 aromatic carbocycles. The van der Waals surface area contributed by atoms with E-state index in [-0.39, 0.29) is 6.04 Å². The van der Waals surface area contributed by atoms with Crippen molar-refractivity contribution < 1.29 is 9.90 Å². The Morgan fingerprint density at radius 1 is 1.58 bits per heavy atom. The van der Waals surface area contributed by atoms with Crippen molar-refractivity contribution in [3.63, 3.8) is 0 Å². The first-order valence-corrected chi connectivity index (χ1v) is 7.02. The number of fused-ring (bicyclic) bond motifs is 1. The first-order chi connectivity index (χ1) is 9.13. The topological polar surface area (TPSA) is 53.4 Å². The molecule has 102 valence electrons. The molecule has 3 rings (SSSR count). The first kappa shape index (κ1) is 12.6. The van der Waals surface area contributed by atoms with Gasteiger partial charge in [-0.3, -0.25) is 14.7 Å². The number of likely N-dealkylation sites (tertiary alicyclic amines) is 1. The molecule has 2 fully saturated rings. The Bertz CT molecular complexity index is 476. The van der Waals surface area contributed by atoms with Gasteiger partial charge in [0.2, 0.25) is 0 Å². The standard InChI is InChI=1S/C15H20N2O2/c1-11(13-6-2-3-8-16-13)17-9-12-5-4-7-15(12,10-17)14(18)19/h2-3,6,8,11-12H,4-5,7,9-10H2,1H3,(H,18,19)/t11?,12-,15+/m0/s1. The number of aliphatic carboxylic acids is 1. The van der Waals surface area contributed by atoms with Crippen LogP contribution in [0.4, 0.5) is 0 Å². The minimum atomic E-state index is -0.606. The van der Waals surface area contributed by atoms with E-state index in [2.05, 4.69) is 16.8 Å². The summed E-state index contributed by atoms with van der Waals surface area (Å²) >= 11 is 0. The normalized spacial score (nSPS) is 32.2. The Labute approximate surface area is 113 Å². The lowest BCUT2D eigenvalue weighted by Gasteiger charge is -2.26. The summed E-state index contributed by atoms with van der Waals surface area (Å²) in [5.41, 5.74) is 0.534. The molecule has 1 aliphatic heterocycles. The molecular formula is C15H20N2O2. The zero-order valence-electron chi connectivity index (χ0n) is 11.2. The van der Waals surface area contributed by atoms with Crippen LogP contribution in [0.5, 0.6) is 0 Å². The van der Waals surface area contributed by atoms with Gasteiger partial charge >= 0.3 is 5.97 Å².